The maximum Gasteiger partial charge on any atom is 0.178 e. The minimum atomic E-state index is -2.18. The number of alkyl halides is 3. The van der Waals surface area contributed by atoms with Crippen LogP contribution in [0, 0.1) is 28.6 Å². The SMILES string of the molecule is C[C@@H]1CC2C3C[C@H](F)C4=CC(=O)C=C[C@]4(C)[C@@]3(F)[C@@H](O)C[C@]2(C)[C@@]1(O)C(=O)CI. The number of Topliss-reactive ketones (excluding diaryl/α,β-unsaturated/α-hetero) is 1. The molecule has 2 unspecified atom stereocenters. The minimum Gasteiger partial charge on any atom is -0.390 e. The molecule has 7 heteroatoms. The van der Waals surface area contributed by atoms with Crippen LogP contribution in [0.25, 0.3) is 0 Å². The molecule has 0 heterocycles. The van der Waals surface area contributed by atoms with Crippen molar-refractivity contribution in [1.82, 2.24) is 0 Å². The summed E-state index contributed by atoms with van der Waals surface area (Å²) in [6.07, 6.45) is 0.933. The summed E-state index contributed by atoms with van der Waals surface area (Å²) in [5.74, 6) is -2.44. The average molecular weight is 520 g/mol. The number of aliphatic hydroxyl groups is 2. The van der Waals surface area contributed by atoms with Gasteiger partial charge in [0, 0.05) is 16.7 Å². The first-order chi connectivity index (χ1) is 13.4. The Morgan fingerprint density at radius 3 is 2.59 bits per heavy atom. The molecule has 0 bridgehead atoms. The van der Waals surface area contributed by atoms with Gasteiger partial charge in [-0.15, -0.1) is 0 Å². The summed E-state index contributed by atoms with van der Waals surface area (Å²) in [5, 5.41) is 22.7. The van der Waals surface area contributed by atoms with Gasteiger partial charge in [-0.2, -0.15) is 0 Å². The van der Waals surface area contributed by atoms with Crippen molar-refractivity contribution >= 4 is 34.2 Å². The normalized spacial score (nSPS) is 53.7. The lowest BCUT2D eigenvalue weighted by Gasteiger charge is -2.63. The second-order valence-corrected chi connectivity index (χ2v) is 10.6. The Balaban J connectivity index is 1.87. The minimum absolute atomic E-state index is 0.0797. The summed E-state index contributed by atoms with van der Waals surface area (Å²) in [7, 11) is 0. The van der Waals surface area contributed by atoms with E-state index >= 15 is 8.78 Å². The third kappa shape index (κ3) is 2.35. The monoisotopic (exact) mass is 520 g/mol. The van der Waals surface area contributed by atoms with Gasteiger partial charge in [0.15, 0.2) is 17.2 Å². The molecule has 0 spiro atoms. The number of fused-ring (bicyclic) bond motifs is 5. The smallest absolute Gasteiger partial charge is 0.178 e. The van der Waals surface area contributed by atoms with Gasteiger partial charge in [-0.3, -0.25) is 9.59 Å². The Labute approximate surface area is 183 Å². The van der Waals surface area contributed by atoms with Crippen molar-refractivity contribution < 1.29 is 28.6 Å². The third-order valence-corrected chi connectivity index (χ3v) is 9.45. The second kappa shape index (κ2) is 6.42. The maximum absolute atomic E-state index is 16.9. The summed E-state index contributed by atoms with van der Waals surface area (Å²) in [6.45, 7) is 5.07. The van der Waals surface area contributed by atoms with E-state index in [0.29, 0.717) is 6.42 Å². The highest BCUT2D eigenvalue weighted by molar-refractivity contribution is 14.1. The molecule has 9 atom stereocenters. The number of halogens is 3. The molecule has 4 rings (SSSR count). The zero-order chi connectivity index (χ0) is 21.6. The predicted molar refractivity (Wildman–Crippen MR) is 112 cm³/mol. The van der Waals surface area contributed by atoms with Gasteiger partial charge < -0.3 is 10.2 Å². The van der Waals surface area contributed by atoms with Crippen LogP contribution in [0.15, 0.2) is 23.8 Å². The summed E-state index contributed by atoms with van der Waals surface area (Å²) in [6, 6.07) is 0. The fourth-order valence-corrected chi connectivity index (χ4v) is 7.82. The van der Waals surface area contributed by atoms with Crippen LogP contribution in [0.4, 0.5) is 8.78 Å². The van der Waals surface area contributed by atoms with Crippen LogP contribution in [0.5, 0.6) is 0 Å². The van der Waals surface area contributed by atoms with Crippen molar-refractivity contribution in [3.63, 3.8) is 0 Å². The van der Waals surface area contributed by atoms with E-state index in [-0.39, 0.29) is 34.4 Å². The van der Waals surface area contributed by atoms with E-state index in [4.69, 9.17) is 0 Å². The quantitative estimate of drug-likeness (QED) is 0.433. The molecule has 0 amide bonds. The second-order valence-electron chi connectivity index (χ2n) is 9.82. The van der Waals surface area contributed by atoms with Crippen molar-refractivity contribution in [3.8, 4) is 0 Å². The first kappa shape index (κ1) is 21.6. The predicted octanol–water partition coefficient (Wildman–Crippen LogP) is 3.29. The molecule has 160 valence electrons. The summed E-state index contributed by atoms with van der Waals surface area (Å²) < 4.78 is 32.3. The zero-order valence-electron chi connectivity index (χ0n) is 16.8. The average Bonchev–Trinajstić information content (AvgIpc) is 2.86. The van der Waals surface area contributed by atoms with Crippen LogP contribution in [0.3, 0.4) is 0 Å². The summed E-state index contributed by atoms with van der Waals surface area (Å²) in [4.78, 5) is 24.6. The standard InChI is InChI=1S/C22H27F2IO4/c1-11-6-13-14-8-16(23)15-7-12(26)4-5-19(15,2)21(14,24)17(27)9-20(13,3)22(11,29)18(28)10-25/h4-5,7,11,13-14,16-17,27,29H,6,8-10H2,1-3H3/t11-,13?,14?,16+,17+,19+,20+,21+,22+/m1/s1. The van der Waals surface area contributed by atoms with E-state index in [1.807, 2.05) is 22.6 Å². The number of allylic oxidation sites excluding steroid dienone is 4. The van der Waals surface area contributed by atoms with Gasteiger partial charge >= 0.3 is 0 Å². The van der Waals surface area contributed by atoms with E-state index in [9.17, 15) is 19.8 Å². The van der Waals surface area contributed by atoms with Gasteiger partial charge in [0.05, 0.1) is 10.5 Å². The van der Waals surface area contributed by atoms with Crippen molar-refractivity contribution in [2.45, 2.75) is 63.6 Å². The number of rotatable bonds is 2. The van der Waals surface area contributed by atoms with Crippen LogP contribution < -0.4 is 0 Å². The van der Waals surface area contributed by atoms with Crippen molar-refractivity contribution in [2.75, 3.05) is 4.43 Å². The van der Waals surface area contributed by atoms with E-state index in [2.05, 4.69) is 0 Å². The highest BCUT2D eigenvalue weighted by Gasteiger charge is 2.76. The lowest BCUT2D eigenvalue weighted by molar-refractivity contribution is -0.222. The van der Waals surface area contributed by atoms with Crippen molar-refractivity contribution in [2.24, 2.45) is 28.6 Å². The van der Waals surface area contributed by atoms with Gasteiger partial charge in [-0.25, -0.2) is 8.78 Å². The van der Waals surface area contributed by atoms with Crippen LogP contribution in [0.2, 0.25) is 0 Å². The van der Waals surface area contributed by atoms with Gasteiger partial charge in [0.1, 0.15) is 11.8 Å². The van der Waals surface area contributed by atoms with E-state index < -0.39 is 52.1 Å². The molecule has 0 radical (unpaired) electrons. The number of aliphatic hydroxyl groups excluding tert-OH is 1. The van der Waals surface area contributed by atoms with Gasteiger partial charge in [0.25, 0.3) is 0 Å². The molecule has 4 aliphatic carbocycles. The first-order valence-corrected chi connectivity index (χ1v) is 11.7. The Kier molecular flexibility index (Phi) is 4.77. The molecule has 4 nitrogen and oxygen atoms in total. The fourth-order valence-electron chi connectivity index (χ4n) is 7.24. The van der Waals surface area contributed by atoms with Gasteiger partial charge in [-0.05, 0) is 55.7 Å². The van der Waals surface area contributed by atoms with Gasteiger partial charge in [-0.1, -0.05) is 42.5 Å². The van der Waals surface area contributed by atoms with Gasteiger partial charge in [0.2, 0.25) is 0 Å². The van der Waals surface area contributed by atoms with Crippen molar-refractivity contribution in [3.05, 3.63) is 23.8 Å². The highest BCUT2D eigenvalue weighted by Crippen LogP contribution is 2.70. The van der Waals surface area contributed by atoms with Crippen LogP contribution >= 0.6 is 22.6 Å². The number of hydrogen-bond donors (Lipinski definition) is 2. The molecule has 2 N–H and O–H groups in total. The zero-order valence-corrected chi connectivity index (χ0v) is 18.9. The van der Waals surface area contributed by atoms with Crippen LogP contribution in [-0.2, 0) is 9.59 Å². The Morgan fingerprint density at radius 1 is 1.31 bits per heavy atom. The summed E-state index contributed by atoms with van der Waals surface area (Å²) in [5.41, 5.74) is -6.26. The number of carbonyl (C=O) groups is 2. The van der Waals surface area contributed by atoms with E-state index in [1.54, 1.807) is 20.8 Å². The number of ketones is 2. The van der Waals surface area contributed by atoms with Crippen molar-refractivity contribution in [1.29, 1.82) is 0 Å². The fraction of sp³-hybridized carbons (Fsp3) is 0.727. The highest BCUT2D eigenvalue weighted by atomic mass is 127. The first-order valence-electron chi connectivity index (χ1n) is 10.2. The largest absolute Gasteiger partial charge is 0.390 e. The third-order valence-electron chi connectivity index (χ3n) is 8.76. The Bertz CT molecular complexity index is 843. The lowest BCUT2D eigenvalue weighted by Crippen LogP contribution is -2.70. The molecule has 0 saturated heterocycles. The molecule has 3 fully saturated rings. The number of hydrogen-bond acceptors (Lipinski definition) is 4. The molecule has 3 saturated carbocycles. The van der Waals surface area contributed by atoms with E-state index in [0.717, 1.165) is 6.08 Å². The molecule has 4 aliphatic rings. The van der Waals surface area contributed by atoms with Crippen LogP contribution in [0.1, 0.15) is 40.0 Å². The van der Waals surface area contributed by atoms with E-state index in [1.165, 1.54) is 12.2 Å². The lowest BCUT2D eigenvalue weighted by atomic mass is 9.44. The maximum atomic E-state index is 16.9. The molecule has 29 heavy (non-hydrogen) atoms. The van der Waals surface area contributed by atoms with Crippen LogP contribution in [-0.4, -0.2) is 49.8 Å². The topological polar surface area (TPSA) is 74.6 Å². The molecule has 0 aromatic heterocycles. The Morgan fingerprint density at radius 2 is 1.97 bits per heavy atom. The molecule has 0 aromatic rings. The molecular weight excluding hydrogens is 493 g/mol. The number of carbonyl (C=O) groups excluding carboxylic acids is 2. The Hall–Kier alpha value is -0.670. The molecule has 0 aliphatic heterocycles. The molecule has 0 aromatic carbocycles. The summed E-state index contributed by atoms with van der Waals surface area (Å²) >= 11 is 1.92. The molecular formula is C22H27F2IO4.